The molecule has 0 unspecified atom stereocenters. The number of ether oxygens (including phenoxy) is 2. The highest BCUT2D eigenvalue weighted by atomic mass is 16.5. The lowest BCUT2D eigenvalue weighted by Crippen LogP contribution is -2.23. The van der Waals surface area contributed by atoms with Crippen LogP contribution in [-0.4, -0.2) is 36.6 Å². The van der Waals surface area contributed by atoms with Crippen LogP contribution in [0.25, 0.3) is 22.0 Å². The Kier molecular flexibility index (Phi) is 4.11. The minimum Gasteiger partial charge on any atom is -0.493 e. The van der Waals surface area contributed by atoms with Crippen LogP contribution in [0.3, 0.4) is 0 Å². The van der Waals surface area contributed by atoms with E-state index in [0.29, 0.717) is 35.8 Å². The lowest BCUT2D eigenvalue weighted by Gasteiger charge is -2.15. The Morgan fingerprint density at radius 2 is 1.85 bits per heavy atom. The molecule has 0 radical (unpaired) electrons. The number of nitrogen functional groups attached to an aromatic ring is 1. The van der Waals surface area contributed by atoms with Crippen LogP contribution in [0.15, 0.2) is 36.4 Å². The van der Waals surface area contributed by atoms with Gasteiger partial charge < -0.3 is 20.1 Å². The van der Waals surface area contributed by atoms with E-state index >= 15 is 0 Å². The van der Waals surface area contributed by atoms with Crippen molar-refractivity contribution in [2.24, 2.45) is 0 Å². The van der Waals surface area contributed by atoms with Crippen LogP contribution in [-0.2, 0) is 6.54 Å². The molecule has 2 aromatic carbocycles. The van der Waals surface area contributed by atoms with Crippen LogP contribution in [0, 0.1) is 0 Å². The van der Waals surface area contributed by atoms with Gasteiger partial charge in [-0.3, -0.25) is 4.79 Å². The number of carbonyl (C=O) groups excluding carboxylic acids is 1. The smallest absolute Gasteiger partial charge is 0.258 e. The molecule has 4 rings (SSSR count). The first kappa shape index (κ1) is 17.1. The highest BCUT2D eigenvalue weighted by Gasteiger charge is 2.31. The summed E-state index contributed by atoms with van der Waals surface area (Å²) >= 11 is 0. The zero-order chi connectivity index (χ0) is 19.1. The number of aromatic nitrogens is 1. The first-order valence-corrected chi connectivity index (χ1v) is 8.82. The summed E-state index contributed by atoms with van der Waals surface area (Å²) < 4.78 is 11.0. The Morgan fingerprint density at radius 1 is 1.11 bits per heavy atom. The van der Waals surface area contributed by atoms with E-state index < -0.39 is 0 Å². The fourth-order valence-electron chi connectivity index (χ4n) is 3.70. The predicted molar refractivity (Wildman–Crippen MR) is 105 cm³/mol. The summed E-state index contributed by atoms with van der Waals surface area (Å²) in [4.78, 5) is 19.2. The van der Waals surface area contributed by atoms with Crippen LogP contribution in [0.2, 0.25) is 0 Å². The Bertz CT molecular complexity index is 1060. The maximum Gasteiger partial charge on any atom is 0.258 e. The van der Waals surface area contributed by atoms with Gasteiger partial charge in [-0.05, 0) is 13.0 Å². The Morgan fingerprint density at radius 3 is 2.56 bits per heavy atom. The van der Waals surface area contributed by atoms with Gasteiger partial charge in [0.15, 0.2) is 11.5 Å². The predicted octanol–water partition coefficient (Wildman–Crippen LogP) is 3.48. The minimum absolute atomic E-state index is 0.0521. The lowest BCUT2D eigenvalue weighted by atomic mass is 9.98. The second kappa shape index (κ2) is 6.46. The van der Waals surface area contributed by atoms with Crippen molar-refractivity contribution in [3.8, 4) is 22.6 Å². The molecule has 0 saturated carbocycles. The van der Waals surface area contributed by atoms with Crippen molar-refractivity contribution in [1.82, 2.24) is 9.88 Å². The van der Waals surface area contributed by atoms with E-state index in [1.165, 1.54) is 0 Å². The molecule has 3 aromatic rings. The SMILES string of the molecule is CCN1Cc2nc3c(-c4cccc(OC)c4OC)cccc3c(N)c2C1=O. The molecule has 0 bridgehead atoms. The maximum absolute atomic E-state index is 12.6. The van der Waals surface area contributed by atoms with Crippen LogP contribution in [0.4, 0.5) is 5.69 Å². The largest absolute Gasteiger partial charge is 0.493 e. The number of fused-ring (bicyclic) bond motifs is 2. The number of nitrogens with zero attached hydrogens (tertiary/aromatic N) is 2. The highest BCUT2D eigenvalue weighted by molar-refractivity contribution is 6.11. The van der Waals surface area contributed by atoms with E-state index in [1.54, 1.807) is 19.1 Å². The number of hydrogen-bond acceptors (Lipinski definition) is 5. The van der Waals surface area contributed by atoms with Crippen LogP contribution < -0.4 is 15.2 Å². The number of amides is 1. The number of methoxy groups -OCH3 is 2. The van der Waals surface area contributed by atoms with E-state index in [-0.39, 0.29) is 5.91 Å². The van der Waals surface area contributed by atoms with E-state index in [0.717, 1.165) is 27.7 Å². The molecule has 1 aliphatic heterocycles. The number of anilines is 1. The summed E-state index contributed by atoms with van der Waals surface area (Å²) in [6, 6.07) is 11.5. The van der Waals surface area contributed by atoms with Crippen LogP contribution in [0.1, 0.15) is 23.0 Å². The molecule has 1 aromatic heterocycles. The summed E-state index contributed by atoms with van der Waals surface area (Å²) in [6.45, 7) is 3.06. The number of carbonyl (C=O) groups is 1. The average Bonchev–Trinajstić information content (AvgIpc) is 3.02. The molecule has 1 amide bonds. The Balaban J connectivity index is 2.01. The van der Waals surface area contributed by atoms with Crippen molar-refractivity contribution in [2.75, 3.05) is 26.5 Å². The Labute approximate surface area is 157 Å². The molecule has 0 fully saturated rings. The van der Waals surface area contributed by atoms with Gasteiger partial charge >= 0.3 is 0 Å². The van der Waals surface area contributed by atoms with Crippen molar-refractivity contribution in [3.63, 3.8) is 0 Å². The lowest BCUT2D eigenvalue weighted by molar-refractivity contribution is 0.0787. The van der Waals surface area contributed by atoms with Crippen LogP contribution in [0.5, 0.6) is 11.5 Å². The van der Waals surface area contributed by atoms with Crippen molar-refractivity contribution in [2.45, 2.75) is 13.5 Å². The number of nitrogens with two attached hydrogens (primary N) is 1. The molecule has 0 saturated heterocycles. The zero-order valence-electron chi connectivity index (χ0n) is 15.6. The summed E-state index contributed by atoms with van der Waals surface area (Å²) in [6.07, 6.45) is 0. The second-order valence-electron chi connectivity index (χ2n) is 6.41. The normalized spacial score (nSPS) is 13.1. The van der Waals surface area contributed by atoms with Gasteiger partial charge in [-0.25, -0.2) is 4.98 Å². The Hall–Kier alpha value is -3.28. The van der Waals surface area contributed by atoms with Crippen molar-refractivity contribution in [3.05, 3.63) is 47.7 Å². The fraction of sp³-hybridized carbons (Fsp3) is 0.238. The zero-order valence-corrected chi connectivity index (χ0v) is 15.6. The highest BCUT2D eigenvalue weighted by Crippen LogP contribution is 2.42. The van der Waals surface area contributed by atoms with Gasteiger partial charge in [-0.2, -0.15) is 0 Å². The third kappa shape index (κ3) is 2.48. The maximum atomic E-state index is 12.6. The number of hydrogen-bond donors (Lipinski definition) is 1. The number of benzene rings is 2. The van der Waals surface area contributed by atoms with Gasteiger partial charge in [0.2, 0.25) is 0 Å². The molecule has 27 heavy (non-hydrogen) atoms. The number of rotatable bonds is 4. The van der Waals surface area contributed by atoms with Gasteiger partial charge in [-0.15, -0.1) is 0 Å². The minimum atomic E-state index is -0.0521. The van der Waals surface area contributed by atoms with Gasteiger partial charge in [0.05, 0.1) is 43.2 Å². The van der Waals surface area contributed by atoms with Gasteiger partial charge in [0.25, 0.3) is 5.91 Å². The monoisotopic (exact) mass is 363 g/mol. The van der Waals surface area contributed by atoms with E-state index in [1.807, 2.05) is 43.3 Å². The van der Waals surface area contributed by atoms with Crippen molar-refractivity contribution in [1.29, 1.82) is 0 Å². The quantitative estimate of drug-likeness (QED) is 0.768. The average molecular weight is 363 g/mol. The van der Waals surface area contributed by atoms with E-state index in [2.05, 4.69) is 0 Å². The van der Waals surface area contributed by atoms with Gasteiger partial charge in [0.1, 0.15) is 0 Å². The molecule has 0 spiro atoms. The molecule has 1 aliphatic rings. The van der Waals surface area contributed by atoms with E-state index in [9.17, 15) is 4.79 Å². The molecule has 0 atom stereocenters. The molecule has 2 heterocycles. The first-order chi connectivity index (χ1) is 13.1. The van der Waals surface area contributed by atoms with Gasteiger partial charge in [-0.1, -0.05) is 30.3 Å². The van der Waals surface area contributed by atoms with Crippen molar-refractivity contribution < 1.29 is 14.3 Å². The second-order valence-corrected chi connectivity index (χ2v) is 6.41. The first-order valence-electron chi connectivity index (χ1n) is 8.82. The topological polar surface area (TPSA) is 77.7 Å². The molecular weight excluding hydrogens is 342 g/mol. The third-order valence-corrected chi connectivity index (χ3v) is 5.05. The number of para-hydroxylation sites is 2. The van der Waals surface area contributed by atoms with Crippen LogP contribution >= 0.6 is 0 Å². The molecule has 0 aliphatic carbocycles. The van der Waals surface area contributed by atoms with Crippen molar-refractivity contribution >= 4 is 22.5 Å². The molecule has 6 nitrogen and oxygen atoms in total. The van der Waals surface area contributed by atoms with Gasteiger partial charge in [0, 0.05) is 23.1 Å². The molecule has 138 valence electrons. The fourth-order valence-corrected chi connectivity index (χ4v) is 3.70. The summed E-state index contributed by atoms with van der Waals surface area (Å²) in [7, 11) is 3.22. The summed E-state index contributed by atoms with van der Waals surface area (Å²) in [5, 5.41) is 0.766. The molecule has 6 heteroatoms. The summed E-state index contributed by atoms with van der Waals surface area (Å²) in [5.74, 6) is 1.23. The summed E-state index contributed by atoms with van der Waals surface area (Å²) in [5.41, 5.74) is 10.7. The van der Waals surface area contributed by atoms with E-state index in [4.69, 9.17) is 20.2 Å². The number of pyridine rings is 1. The standard InChI is InChI=1S/C21H21N3O3/c1-4-24-11-15-17(21(24)25)18(22)14-9-5-7-12(19(14)23-15)13-8-6-10-16(26-2)20(13)27-3/h5-10H,4,11H2,1-3H3,(H2,22,23). The molecule has 2 N–H and O–H groups in total. The molecular formula is C21H21N3O3. The third-order valence-electron chi connectivity index (χ3n) is 5.05.